The summed E-state index contributed by atoms with van der Waals surface area (Å²) in [5.74, 6) is -0.578. The van der Waals surface area contributed by atoms with Crippen molar-refractivity contribution in [1.82, 2.24) is 24.9 Å². The first-order valence-electron chi connectivity index (χ1n) is 33.1. The van der Waals surface area contributed by atoms with Gasteiger partial charge >= 0.3 is 0 Å². The Morgan fingerprint density at radius 3 is 1.32 bits per heavy atom. The normalized spacial score (nSPS) is 15.0. The lowest BCUT2D eigenvalue weighted by Gasteiger charge is -2.27. The zero-order chi connectivity index (χ0) is 73.5. The van der Waals surface area contributed by atoms with Crippen LogP contribution in [0.5, 0.6) is 11.5 Å². The van der Waals surface area contributed by atoms with E-state index in [1.54, 1.807) is 38.1 Å². The molecule has 546 valence electrons. The van der Waals surface area contributed by atoms with E-state index >= 15 is 0 Å². The molecule has 5 heterocycles. The van der Waals surface area contributed by atoms with Gasteiger partial charge in [0.05, 0.1) is 94.1 Å². The van der Waals surface area contributed by atoms with E-state index in [0.717, 1.165) is 90.4 Å². The predicted octanol–water partition coefficient (Wildman–Crippen LogP) is 12.6. The van der Waals surface area contributed by atoms with Crippen LogP contribution in [0.4, 0.5) is 79.3 Å². The molecule has 7 aromatic rings. The third kappa shape index (κ3) is 19.7. The van der Waals surface area contributed by atoms with Gasteiger partial charge in [-0.1, -0.05) is 53.7 Å². The second kappa shape index (κ2) is 34.7. The molecule has 36 heteroatoms. The Morgan fingerprint density at radius 2 is 0.971 bits per heavy atom. The first-order chi connectivity index (χ1) is 49.4. The molecule has 2 saturated heterocycles. The number of thioether (sulfide) groups is 1. The number of thiazole rings is 2. The number of Topliss-reactive ketones (excluding diaryl/α,β-unsaturated/α-hetero) is 2. The number of nitrogens with zero attached hydrogens (tertiary/aromatic N) is 13. The molecule has 31 nitrogen and oxygen atoms in total. The van der Waals surface area contributed by atoms with Gasteiger partial charge in [0.25, 0.3) is 32.1 Å². The average molecular weight is 1510 g/mol. The Balaban J connectivity index is 1.04. The first-order valence-corrected chi connectivity index (χ1v) is 38.5. The van der Waals surface area contributed by atoms with E-state index in [4.69, 9.17) is 64.3 Å². The van der Waals surface area contributed by atoms with E-state index in [1.807, 2.05) is 49.6 Å². The fraction of sp³-hybridized carbons (Fsp3) is 0.388. The van der Waals surface area contributed by atoms with Crippen LogP contribution in [0.3, 0.4) is 0 Å². The summed E-state index contributed by atoms with van der Waals surface area (Å²) >= 11 is 3.72. The average Bonchev–Trinajstić information content (AvgIpc) is 1.52. The third-order valence-electron chi connectivity index (χ3n) is 16.7. The van der Waals surface area contributed by atoms with Crippen LogP contribution in [0, 0.1) is 0 Å². The number of amides is 2. The van der Waals surface area contributed by atoms with Crippen molar-refractivity contribution in [1.29, 1.82) is 0 Å². The van der Waals surface area contributed by atoms with Gasteiger partial charge < -0.3 is 59.8 Å². The summed E-state index contributed by atoms with van der Waals surface area (Å²) in [6.45, 7) is 16.4. The molecule has 3 fully saturated rings. The number of nitrogens with one attached hydrogen (secondary N) is 4. The second-order valence-electron chi connectivity index (χ2n) is 23.4. The number of azo groups is 2. The van der Waals surface area contributed by atoms with Crippen molar-refractivity contribution in [3.63, 3.8) is 0 Å². The molecule has 0 unspecified atom stereocenters. The zero-order valence-corrected chi connectivity index (χ0v) is 61.9. The van der Waals surface area contributed by atoms with Crippen molar-refractivity contribution in [3.8, 4) is 11.5 Å². The summed E-state index contributed by atoms with van der Waals surface area (Å²) in [5.41, 5.74) is 2.77. The SMILES string of the molecule is CCN(CC)c1cc(Nc2nc(Nc3cc(N(CC)CC)c(OC)cc3N=Nc3nc(N4CCOCC4)c(C=C(C(C)=O)C(=O)Nc4ccc(S(=O)(=O)O)cc4)s3)nc(SC3CCCCC3)n2)c(N=Nc2nc(N3CCOCC3)c(C=C(C(C)=O)C(=O)Nc3ccc(S(=O)(=O)O)cc3)s2)cc1OC. The van der Waals surface area contributed by atoms with E-state index in [0.29, 0.717) is 140 Å². The molecule has 4 aromatic carbocycles. The molecule has 10 rings (SSSR count). The maximum atomic E-state index is 13.8. The highest BCUT2D eigenvalue weighted by atomic mass is 32.2. The Hall–Kier alpha value is -9.40. The number of carbonyl (C=O) groups excluding carboxylic acids is 4. The highest BCUT2D eigenvalue weighted by molar-refractivity contribution is 7.99. The van der Waals surface area contributed by atoms with Gasteiger partial charge in [-0.05, 0) is 127 Å². The maximum Gasteiger partial charge on any atom is 0.294 e. The van der Waals surface area contributed by atoms with Crippen molar-refractivity contribution in [3.05, 3.63) is 93.7 Å². The van der Waals surface area contributed by atoms with E-state index in [-0.39, 0.29) is 59.7 Å². The van der Waals surface area contributed by atoms with Gasteiger partial charge in [0.2, 0.25) is 22.2 Å². The first kappa shape index (κ1) is 76.2. The number of ketones is 2. The lowest BCUT2D eigenvalue weighted by Crippen LogP contribution is -2.36. The number of anilines is 10. The van der Waals surface area contributed by atoms with E-state index in [1.165, 1.54) is 50.3 Å². The van der Waals surface area contributed by atoms with Gasteiger partial charge in [-0.25, -0.2) is 0 Å². The van der Waals surface area contributed by atoms with Crippen LogP contribution in [-0.2, 0) is 48.9 Å². The van der Waals surface area contributed by atoms with Crippen LogP contribution in [-0.4, -0.2) is 172 Å². The molecular weight excluding hydrogens is 1430 g/mol. The van der Waals surface area contributed by atoms with Gasteiger partial charge in [-0.2, -0.15) is 41.8 Å². The molecule has 0 atom stereocenters. The minimum Gasteiger partial charge on any atom is -0.494 e. The third-order valence-corrected chi connectivity index (χ3v) is 21.4. The number of morpholine rings is 2. The van der Waals surface area contributed by atoms with Gasteiger partial charge in [-0.15, -0.1) is 20.5 Å². The molecule has 3 aliphatic rings. The largest absolute Gasteiger partial charge is 0.494 e. The minimum absolute atomic E-state index is 0.136. The summed E-state index contributed by atoms with van der Waals surface area (Å²) in [7, 11) is -5.88. The number of aromatic nitrogens is 5. The van der Waals surface area contributed by atoms with Crippen molar-refractivity contribution in [2.75, 3.05) is 134 Å². The molecule has 1 aliphatic carbocycles. The smallest absolute Gasteiger partial charge is 0.294 e. The molecule has 1 saturated carbocycles. The van der Waals surface area contributed by atoms with E-state index in [2.05, 4.69) is 31.1 Å². The molecule has 0 bridgehead atoms. The van der Waals surface area contributed by atoms with Crippen LogP contribution >= 0.6 is 34.4 Å². The maximum absolute atomic E-state index is 13.8. The molecule has 103 heavy (non-hydrogen) atoms. The minimum atomic E-state index is -4.50. The van der Waals surface area contributed by atoms with Crippen LogP contribution < -0.4 is 50.3 Å². The van der Waals surface area contributed by atoms with Crippen molar-refractivity contribution >= 4 is 169 Å². The fourth-order valence-electron chi connectivity index (χ4n) is 11.4. The summed E-state index contributed by atoms with van der Waals surface area (Å²) in [4.78, 5) is 87.4. The number of carbonyl (C=O) groups is 4. The van der Waals surface area contributed by atoms with Crippen LogP contribution in [0.1, 0.15) is 83.4 Å². The molecule has 2 aliphatic heterocycles. The highest BCUT2D eigenvalue weighted by Gasteiger charge is 2.28. The Labute approximate surface area is 608 Å². The second-order valence-corrected chi connectivity index (χ2v) is 29.6. The summed E-state index contributed by atoms with van der Waals surface area (Å²) in [5, 5.41) is 32.2. The fourth-order valence-corrected chi connectivity index (χ4v) is 15.2. The summed E-state index contributed by atoms with van der Waals surface area (Å²) in [6.07, 6.45) is 8.00. The van der Waals surface area contributed by atoms with Gasteiger partial charge in [0, 0.05) is 81.1 Å². The number of benzene rings is 4. The highest BCUT2D eigenvalue weighted by Crippen LogP contribution is 2.45. The number of hydrogen-bond donors (Lipinski definition) is 6. The van der Waals surface area contributed by atoms with Gasteiger partial charge in [0.15, 0.2) is 16.7 Å². The number of hydrogen-bond acceptors (Lipinski definition) is 30. The van der Waals surface area contributed by atoms with Gasteiger partial charge in [-0.3, -0.25) is 28.3 Å². The monoisotopic (exact) mass is 1510 g/mol. The Kier molecular flexibility index (Phi) is 25.7. The standard InChI is InChI=1S/C67H79N17O14S5/c1-9-81(10-2)53-36-49(51(38-55(53)95-7)77-79-66-72-59(83-26-30-97-31-27-83)57(100-66)34-47(40(5)85)61(87)68-42-18-22-45(23-19-42)102(89,90)91)70-63-74-64(76-65(75-63)99-44-16-14-13-15-17-44)71-50-37-54(82(11-3)12-4)56(96-8)39-52(50)78-80-67-73-60(84-28-32-98-33-29-84)58(101-67)35-48(41(6)86)62(88)69-43-20-24-46(25-21-43)103(92,93)94/h18-25,34-39,44H,9-17,26-33H2,1-8H3,(H,68,87)(H,69,88)(H,89,90,91)(H,92,93,94)(H2,70,71,74,75,76). The van der Waals surface area contributed by atoms with Crippen molar-refractivity contribution < 1.29 is 64.1 Å². The molecule has 3 aromatic heterocycles. The van der Waals surface area contributed by atoms with Crippen molar-refractivity contribution in [2.24, 2.45) is 20.5 Å². The zero-order valence-electron chi connectivity index (χ0n) is 57.8. The molecular formula is C67H79N17O14S5. The van der Waals surface area contributed by atoms with E-state index < -0.39 is 43.6 Å². The molecule has 2 amide bonds. The lowest BCUT2D eigenvalue weighted by molar-refractivity contribution is -0.120. The van der Waals surface area contributed by atoms with Crippen molar-refractivity contribution in [2.45, 2.75) is 93.8 Å². The number of ether oxygens (including phenoxy) is 4. The summed E-state index contributed by atoms with van der Waals surface area (Å²) in [6, 6.07) is 16.9. The molecule has 0 radical (unpaired) electrons. The summed E-state index contributed by atoms with van der Waals surface area (Å²) < 4.78 is 89.2. The molecule has 0 spiro atoms. The lowest BCUT2D eigenvalue weighted by atomic mass is 10.0. The quantitative estimate of drug-likeness (QED) is 0.00800. The van der Waals surface area contributed by atoms with Crippen LogP contribution in [0.2, 0.25) is 0 Å². The van der Waals surface area contributed by atoms with E-state index in [9.17, 15) is 45.1 Å². The number of rotatable bonds is 30. The predicted molar refractivity (Wildman–Crippen MR) is 398 cm³/mol. The van der Waals surface area contributed by atoms with Gasteiger partial charge in [0.1, 0.15) is 34.5 Å². The molecule has 6 N–H and O–H groups in total. The Morgan fingerprint density at radius 1 is 0.583 bits per heavy atom. The Bertz CT molecular complexity index is 4330. The van der Waals surface area contributed by atoms with Crippen LogP contribution in [0.15, 0.2) is 119 Å². The number of methoxy groups -OCH3 is 2. The van der Waals surface area contributed by atoms with Crippen LogP contribution in [0.25, 0.3) is 12.2 Å². The topological polar surface area (TPSA) is 389 Å².